The third kappa shape index (κ3) is 3.70. The molecule has 114 valence electrons. The average Bonchev–Trinajstić information content (AvgIpc) is 2.93. The van der Waals surface area contributed by atoms with Gasteiger partial charge in [-0.3, -0.25) is 0 Å². The van der Waals surface area contributed by atoms with E-state index in [2.05, 4.69) is 21.4 Å². The Morgan fingerprint density at radius 2 is 1.96 bits per heavy atom. The molecule has 0 unspecified atom stereocenters. The first-order chi connectivity index (χ1) is 11.2. The number of rotatable bonds is 4. The van der Waals surface area contributed by atoms with Gasteiger partial charge in [-0.15, -0.1) is 0 Å². The lowest BCUT2D eigenvalue weighted by Gasteiger charge is -2.01. The van der Waals surface area contributed by atoms with Crippen LogP contribution >= 0.6 is 12.2 Å². The van der Waals surface area contributed by atoms with E-state index >= 15 is 0 Å². The Bertz CT molecular complexity index is 904. The number of H-pyrrole nitrogens is 1. The van der Waals surface area contributed by atoms with E-state index < -0.39 is 0 Å². The van der Waals surface area contributed by atoms with Crippen LogP contribution in [0.25, 0.3) is 17.5 Å². The molecule has 5 heteroatoms. The summed E-state index contributed by atoms with van der Waals surface area (Å²) < 4.78 is 2.09. The monoisotopic (exact) mass is 320 g/mol. The number of nitrogens with zero attached hydrogens (tertiary/aromatic N) is 3. The van der Waals surface area contributed by atoms with Crippen LogP contribution in [-0.4, -0.2) is 21.1 Å². The van der Waals surface area contributed by atoms with Gasteiger partial charge in [0.15, 0.2) is 5.82 Å². The van der Waals surface area contributed by atoms with Crippen LogP contribution in [-0.2, 0) is 0 Å². The highest BCUT2D eigenvalue weighted by molar-refractivity contribution is 7.71. The number of aromatic amines is 1. The molecule has 0 aliphatic carbocycles. The third-order valence-corrected chi connectivity index (χ3v) is 3.55. The van der Waals surface area contributed by atoms with Crippen LogP contribution in [0.4, 0.5) is 0 Å². The lowest BCUT2D eigenvalue weighted by Crippen LogP contribution is -1.93. The molecule has 0 amide bonds. The maximum Gasteiger partial charge on any atom is 0.216 e. The van der Waals surface area contributed by atoms with Gasteiger partial charge in [0.05, 0.1) is 0 Å². The quantitative estimate of drug-likeness (QED) is 0.570. The molecule has 0 spiro atoms. The Morgan fingerprint density at radius 3 is 2.74 bits per heavy atom. The third-order valence-electron chi connectivity index (χ3n) is 3.28. The van der Waals surface area contributed by atoms with Crippen LogP contribution in [0.3, 0.4) is 0 Å². The molecule has 2 aromatic carbocycles. The van der Waals surface area contributed by atoms with Gasteiger partial charge in [0.2, 0.25) is 4.77 Å². The minimum Gasteiger partial charge on any atom is -0.250 e. The van der Waals surface area contributed by atoms with Gasteiger partial charge in [-0.25, -0.2) is 5.10 Å². The van der Waals surface area contributed by atoms with E-state index in [-0.39, 0.29) is 0 Å². The predicted molar refractivity (Wildman–Crippen MR) is 97.0 cm³/mol. The van der Waals surface area contributed by atoms with Crippen LogP contribution in [0.15, 0.2) is 65.8 Å². The molecule has 0 radical (unpaired) electrons. The maximum absolute atomic E-state index is 5.26. The van der Waals surface area contributed by atoms with Crippen molar-refractivity contribution in [2.45, 2.75) is 6.92 Å². The summed E-state index contributed by atoms with van der Waals surface area (Å²) >= 11 is 5.26. The van der Waals surface area contributed by atoms with Crippen LogP contribution in [0.2, 0.25) is 0 Å². The Hall–Kier alpha value is -2.79. The van der Waals surface area contributed by atoms with Crippen molar-refractivity contribution >= 4 is 24.5 Å². The molecular formula is C18H16N4S. The molecule has 0 aliphatic heterocycles. The standard InChI is InChI=1S/C18H16N4S/c1-14-7-5-11-16(13-14)17-20-21-18(23)22(17)19-12-6-10-15-8-3-2-4-9-15/h2-13H,1H3,(H,21,23)/b10-6+,19-12+. The zero-order chi connectivity index (χ0) is 16.1. The van der Waals surface area contributed by atoms with Gasteiger partial charge in [-0.1, -0.05) is 60.2 Å². The molecule has 0 saturated carbocycles. The Kier molecular flexibility index (Phi) is 4.59. The summed E-state index contributed by atoms with van der Waals surface area (Å²) in [6.07, 6.45) is 5.57. The molecule has 4 nitrogen and oxygen atoms in total. The van der Waals surface area contributed by atoms with Crippen molar-refractivity contribution in [3.63, 3.8) is 0 Å². The summed E-state index contributed by atoms with van der Waals surface area (Å²) in [5.74, 6) is 0.697. The lowest BCUT2D eigenvalue weighted by molar-refractivity contribution is 0.872. The summed E-state index contributed by atoms with van der Waals surface area (Å²) in [5, 5.41) is 11.5. The Balaban J connectivity index is 1.86. The second-order valence-electron chi connectivity index (χ2n) is 5.07. The fourth-order valence-electron chi connectivity index (χ4n) is 2.19. The van der Waals surface area contributed by atoms with E-state index in [0.29, 0.717) is 10.6 Å². The van der Waals surface area contributed by atoms with Crippen molar-refractivity contribution in [1.82, 2.24) is 14.9 Å². The zero-order valence-corrected chi connectivity index (χ0v) is 13.5. The largest absolute Gasteiger partial charge is 0.250 e. The van der Waals surface area contributed by atoms with Crippen molar-refractivity contribution in [3.05, 3.63) is 76.6 Å². The van der Waals surface area contributed by atoms with Crippen molar-refractivity contribution in [3.8, 4) is 11.4 Å². The lowest BCUT2D eigenvalue weighted by atomic mass is 10.1. The van der Waals surface area contributed by atoms with Crippen LogP contribution in [0.1, 0.15) is 11.1 Å². The molecule has 1 heterocycles. The number of nitrogens with one attached hydrogen (secondary N) is 1. The van der Waals surface area contributed by atoms with Crippen LogP contribution in [0, 0.1) is 11.7 Å². The number of hydrogen-bond acceptors (Lipinski definition) is 3. The Morgan fingerprint density at radius 1 is 1.13 bits per heavy atom. The number of hydrogen-bond donors (Lipinski definition) is 1. The minimum absolute atomic E-state index is 0.464. The van der Waals surface area contributed by atoms with Crippen molar-refractivity contribution in [1.29, 1.82) is 0 Å². The molecule has 3 aromatic rings. The smallest absolute Gasteiger partial charge is 0.216 e. The van der Waals surface area contributed by atoms with Gasteiger partial charge in [0.25, 0.3) is 0 Å². The van der Waals surface area contributed by atoms with Gasteiger partial charge in [0.1, 0.15) is 0 Å². The average molecular weight is 320 g/mol. The first kappa shape index (κ1) is 15.1. The molecule has 23 heavy (non-hydrogen) atoms. The molecule has 1 aromatic heterocycles. The van der Waals surface area contributed by atoms with Crippen molar-refractivity contribution in [2.24, 2.45) is 5.10 Å². The SMILES string of the molecule is Cc1cccc(-c2n[nH]c(=S)n2/N=C/C=C/c2ccccc2)c1. The fraction of sp³-hybridized carbons (Fsp3) is 0.0556. The number of aromatic nitrogens is 3. The molecule has 0 fully saturated rings. The van der Waals surface area contributed by atoms with Gasteiger partial charge in [-0.05, 0) is 36.8 Å². The van der Waals surface area contributed by atoms with E-state index in [1.807, 2.05) is 67.6 Å². The highest BCUT2D eigenvalue weighted by atomic mass is 32.1. The summed E-state index contributed by atoms with van der Waals surface area (Å²) in [6, 6.07) is 18.1. The van der Waals surface area contributed by atoms with Crippen molar-refractivity contribution < 1.29 is 0 Å². The van der Waals surface area contributed by atoms with Gasteiger partial charge in [0, 0.05) is 11.8 Å². The minimum atomic E-state index is 0.464. The molecular weight excluding hydrogens is 304 g/mol. The second kappa shape index (κ2) is 6.98. The highest BCUT2D eigenvalue weighted by Crippen LogP contribution is 2.18. The second-order valence-corrected chi connectivity index (χ2v) is 5.45. The predicted octanol–water partition coefficient (Wildman–Crippen LogP) is 4.46. The molecule has 0 saturated heterocycles. The van der Waals surface area contributed by atoms with E-state index in [1.54, 1.807) is 10.9 Å². The van der Waals surface area contributed by atoms with Gasteiger partial charge >= 0.3 is 0 Å². The topological polar surface area (TPSA) is 46.0 Å². The first-order valence-electron chi connectivity index (χ1n) is 7.24. The number of benzene rings is 2. The van der Waals surface area contributed by atoms with Crippen LogP contribution < -0.4 is 0 Å². The van der Waals surface area contributed by atoms with Gasteiger partial charge < -0.3 is 0 Å². The summed E-state index contributed by atoms with van der Waals surface area (Å²) in [6.45, 7) is 2.04. The van der Waals surface area contributed by atoms with E-state index in [9.17, 15) is 0 Å². The molecule has 0 atom stereocenters. The summed E-state index contributed by atoms with van der Waals surface area (Å²) in [4.78, 5) is 0. The number of allylic oxidation sites excluding steroid dienone is 1. The molecule has 1 N–H and O–H groups in total. The molecule has 3 rings (SSSR count). The number of aryl methyl sites for hydroxylation is 1. The molecule has 0 aliphatic rings. The molecule has 0 bridgehead atoms. The van der Waals surface area contributed by atoms with E-state index in [0.717, 1.165) is 16.7 Å². The van der Waals surface area contributed by atoms with Gasteiger partial charge in [-0.2, -0.15) is 14.9 Å². The highest BCUT2D eigenvalue weighted by Gasteiger charge is 2.07. The summed E-state index contributed by atoms with van der Waals surface area (Å²) in [7, 11) is 0. The Labute approximate surface area is 139 Å². The van der Waals surface area contributed by atoms with Crippen LogP contribution in [0.5, 0.6) is 0 Å². The van der Waals surface area contributed by atoms with E-state index in [1.165, 1.54) is 0 Å². The maximum atomic E-state index is 5.26. The fourth-order valence-corrected chi connectivity index (χ4v) is 2.37. The zero-order valence-electron chi connectivity index (χ0n) is 12.7. The van der Waals surface area contributed by atoms with E-state index in [4.69, 9.17) is 12.2 Å². The van der Waals surface area contributed by atoms with Crippen molar-refractivity contribution in [2.75, 3.05) is 0 Å². The normalized spacial score (nSPS) is 11.5. The summed E-state index contributed by atoms with van der Waals surface area (Å²) in [5.41, 5.74) is 3.26. The first-order valence-corrected chi connectivity index (χ1v) is 7.65.